The summed E-state index contributed by atoms with van der Waals surface area (Å²) in [5.74, 6) is 0. The largest absolute Gasteiger partial charge is 0.380 e. The number of thiazole rings is 1. The van der Waals surface area contributed by atoms with Crippen molar-refractivity contribution in [1.29, 1.82) is 0 Å². The van der Waals surface area contributed by atoms with Crippen molar-refractivity contribution in [2.75, 3.05) is 19.8 Å². The molecule has 0 aliphatic heterocycles. The van der Waals surface area contributed by atoms with Gasteiger partial charge in [-0.25, -0.2) is 4.98 Å². The van der Waals surface area contributed by atoms with Gasteiger partial charge in [0.25, 0.3) is 0 Å². The Morgan fingerprint density at radius 1 is 1.26 bits per heavy atom. The molecule has 0 saturated carbocycles. The number of hydrogen-bond acceptors (Lipinski definition) is 4. The Balaban J connectivity index is 2.22. The van der Waals surface area contributed by atoms with Gasteiger partial charge < -0.3 is 10.1 Å². The van der Waals surface area contributed by atoms with Crippen LogP contribution in [0.2, 0.25) is 0 Å². The molecular weight excluding hydrogens is 256 g/mol. The molecule has 0 aliphatic rings. The third-order valence-corrected chi connectivity index (χ3v) is 3.90. The third-order valence-electron chi connectivity index (χ3n) is 2.91. The molecule has 110 valence electrons. The Morgan fingerprint density at radius 2 is 1.95 bits per heavy atom. The van der Waals surface area contributed by atoms with Gasteiger partial charge in [0.15, 0.2) is 0 Å². The fourth-order valence-electron chi connectivity index (χ4n) is 1.63. The summed E-state index contributed by atoms with van der Waals surface area (Å²) in [5, 5.41) is 3.54. The minimum absolute atomic E-state index is 0.163. The molecule has 0 bridgehead atoms. The Morgan fingerprint density at radius 3 is 2.47 bits per heavy atom. The van der Waals surface area contributed by atoms with Gasteiger partial charge >= 0.3 is 0 Å². The van der Waals surface area contributed by atoms with E-state index in [0.717, 1.165) is 31.9 Å². The average molecular weight is 284 g/mol. The van der Waals surface area contributed by atoms with E-state index in [9.17, 15) is 0 Å². The predicted molar refractivity (Wildman–Crippen MR) is 82.9 cm³/mol. The van der Waals surface area contributed by atoms with Crippen LogP contribution in [0.25, 0.3) is 0 Å². The number of nitrogens with zero attached hydrogens (tertiary/aromatic N) is 1. The lowest BCUT2D eigenvalue weighted by atomic mass is 9.93. The highest BCUT2D eigenvalue weighted by Gasteiger charge is 2.21. The Kier molecular flexibility index (Phi) is 5.96. The van der Waals surface area contributed by atoms with Gasteiger partial charge in [-0.05, 0) is 27.7 Å². The van der Waals surface area contributed by atoms with E-state index in [-0.39, 0.29) is 11.0 Å². The summed E-state index contributed by atoms with van der Waals surface area (Å²) in [6.07, 6.45) is 0.972. The van der Waals surface area contributed by atoms with Crippen LogP contribution in [0.5, 0.6) is 0 Å². The van der Waals surface area contributed by atoms with E-state index in [1.54, 1.807) is 11.3 Å². The van der Waals surface area contributed by atoms with Crippen molar-refractivity contribution in [3.05, 3.63) is 16.1 Å². The average Bonchev–Trinajstić information content (AvgIpc) is 2.67. The first-order valence-corrected chi connectivity index (χ1v) is 7.79. The second kappa shape index (κ2) is 6.82. The molecule has 0 fully saturated rings. The molecular formula is C15H28N2OS. The Labute approximate surface area is 121 Å². The van der Waals surface area contributed by atoms with E-state index in [4.69, 9.17) is 4.74 Å². The van der Waals surface area contributed by atoms with Gasteiger partial charge in [0, 0.05) is 28.8 Å². The lowest BCUT2D eigenvalue weighted by Gasteiger charge is -2.30. The maximum atomic E-state index is 5.83. The van der Waals surface area contributed by atoms with Gasteiger partial charge in [0.05, 0.1) is 24.4 Å². The van der Waals surface area contributed by atoms with E-state index in [2.05, 4.69) is 51.8 Å². The summed E-state index contributed by atoms with van der Waals surface area (Å²) < 4.78 is 5.83. The standard InChI is InChI=1S/C15H28N2OS/c1-12-13(19-11-16-12)7-8-18-10-15(5,6)9-17-14(2,3)4/h11,17H,7-10H2,1-6H3. The molecule has 3 nitrogen and oxygen atoms in total. The van der Waals surface area contributed by atoms with Crippen LogP contribution in [0.1, 0.15) is 45.2 Å². The van der Waals surface area contributed by atoms with Gasteiger partial charge in [-0.2, -0.15) is 0 Å². The van der Waals surface area contributed by atoms with E-state index < -0.39 is 0 Å². The maximum Gasteiger partial charge on any atom is 0.0797 e. The first kappa shape index (κ1) is 16.6. The Bertz CT molecular complexity index is 380. The van der Waals surface area contributed by atoms with Crippen molar-refractivity contribution < 1.29 is 4.74 Å². The molecule has 1 aromatic rings. The van der Waals surface area contributed by atoms with E-state index in [1.807, 2.05) is 5.51 Å². The van der Waals surface area contributed by atoms with Crippen molar-refractivity contribution in [1.82, 2.24) is 10.3 Å². The van der Waals surface area contributed by atoms with Crippen LogP contribution in [0.3, 0.4) is 0 Å². The topological polar surface area (TPSA) is 34.1 Å². The highest BCUT2D eigenvalue weighted by atomic mass is 32.1. The summed E-state index contributed by atoms with van der Waals surface area (Å²) in [6, 6.07) is 0. The SMILES string of the molecule is Cc1ncsc1CCOCC(C)(C)CNC(C)(C)C. The van der Waals surface area contributed by atoms with Crippen LogP contribution in [0.4, 0.5) is 0 Å². The molecule has 1 aromatic heterocycles. The second-order valence-electron chi connectivity index (χ2n) is 6.93. The lowest BCUT2D eigenvalue weighted by molar-refractivity contribution is 0.0609. The quantitative estimate of drug-likeness (QED) is 0.779. The molecule has 0 unspecified atom stereocenters. The minimum Gasteiger partial charge on any atom is -0.380 e. The van der Waals surface area contributed by atoms with Gasteiger partial charge in [0.1, 0.15) is 0 Å². The molecule has 0 radical (unpaired) electrons. The molecule has 1 N–H and O–H groups in total. The zero-order chi connectivity index (χ0) is 14.5. The van der Waals surface area contributed by atoms with Crippen LogP contribution in [-0.2, 0) is 11.2 Å². The molecule has 0 saturated heterocycles. The summed E-state index contributed by atoms with van der Waals surface area (Å²) in [5.41, 5.74) is 3.37. The van der Waals surface area contributed by atoms with Crippen LogP contribution >= 0.6 is 11.3 Å². The van der Waals surface area contributed by atoms with E-state index in [0.29, 0.717) is 0 Å². The molecule has 1 heterocycles. The molecule has 1 rings (SSSR count). The summed E-state index contributed by atoms with van der Waals surface area (Å²) in [7, 11) is 0. The molecule has 0 atom stereocenters. The fraction of sp³-hybridized carbons (Fsp3) is 0.800. The zero-order valence-electron chi connectivity index (χ0n) is 13.2. The number of rotatable bonds is 7. The normalized spacial score (nSPS) is 12.9. The predicted octanol–water partition coefficient (Wildman–Crippen LogP) is 3.42. The van der Waals surface area contributed by atoms with Crippen molar-refractivity contribution in [2.45, 2.75) is 53.5 Å². The maximum absolute atomic E-state index is 5.83. The third kappa shape index (κ3) is 7.04. The molecule has 4 heteroatoms. The van der Waals surface area contributed by atoms with Crippen LogP contribution in [0, 0.1) is 12.3 Å². The van der Waals surface area contributed by atoms with Crippen molar-refractivity contribution in [3.63, 3.8) is 0 Å². The van der Waals surface area contributed by atoms with E-state index in [1.165, 1.54) is 4.88 Å². The number of nitrogens with one attached hydrogen (secondary N) is 1. The molecule has 0 spiro atoms. The highest BCUT2D eigenvalue weighted by Crippen LogP contribution is 2.17. The fourth-order valence-corrected chi connectivity index (χ4v) is 2.40. The van der Waals surface area contributed by atoms with Crippen molar-refractivity contribution >= 4 is 11.3 Å². The Hall–Kier alpha value is -0.450. The molecule has 0 aliphatic carbocycles. The molecule has 0 amide bonds. The van der Waals surface area contributed by atoms with Gasteiger partial charge in [-0.3, -0.25) is 0 Å². The van der Waals surface area contributed by atoms with Crippen molar-refractivity contribution in [2.24, 2.45) is 5.41 Å². The monoisotopic (exact) mass is 284 g/mol. The smallest absolute Gasteiger partial charge is 0.0797 e. The molecule has 0 aromatic carbocycles. The number of aryl methyl sites for hydroxylation is 1. The summed E-state index contributed by atoms with van der Waals surface area (Å²) in [4.78, 5) is 5.59. The van der Waals surface area contributed by atoms with Gasteiger partial charge in [-0.15, -0.1) is 11.3 Å². The number of ether oxygens (including phenoxy) is 1. The summed E-state index contributed by atoms with van der Waals surface area (Å²) in [6.45, 7) is 15.6. The summed E-state index contributed by atoms with van der Waals surface area (Å²) >= 11 is 1.72. The molecule has 19 heavy (non-hydrogen) atoms. The first-order valence-electron chi connectivity index (χ1n) is 6.91. The van der Waals surface area contributed by atoms with Crippen LogP contribution in [0.15, 0.2) is 5.51 Å². The van der Waals surface area contributed by atoms with E-state index >= 15 is 0 Å². The second-order valence-corrected chi connectivity index (χ2v) is 7.87. The van der Waals surface area contributed by atoms with Gasteiger partial charge in [-0.1, -0.05) is 13.8 Å². The minimum atomic E-state index is 0.163. The number of hydrogen-bond donors (Lipinski definition) is 1. The van der Waals surface area contributed by atoms with Gasteiger partial charge in [0.2, 0.25) is 0 Å². The van der Waals surface area contributed by atoms with Crippen LogP contribution < -0.4 is 5.32 Å². The lowest BCUT2D eigenvalue weighted by Crippen LogP contribution is -2.43. The van der Waals surface area contributed by atoms with Crippen molar-refractivity contribution in [3.8, 4) is 0 Å². The zero-order valence-corrected chi connectivity index (χ0v) is 14.0. The number of aromatic nitrogens is 1. The highest BCUT2D eigenvalue weighted by molar-refractivity contribution is 7.09. The van der Waals surface area contributed by atoms with Crippen LogP contribution in [-0.4, -0.2) is 30.3 Å². The first-order chi connectivity index (χ1) is 8.70.